The topological polar surface area (TPSA) is 55.7 Å². The summed E-state index contributed by atoms with van der Waals surface area (Å²) in [5, 5.41) is 4.52. The molecule has 1 aliphatic heterocycles. The van der Waals surface area contributed by atoms with Gasteiger partial charge in [0.2, 0.25) is 0 Å². The van der Waals surface area contributed by atoms with Gasteiger partial charge in [-0.3, -0.25) is 4.79 Å². The number of aromatic nitrogens is 1. The summed E-state index contributed by atoms with van der Waals surface area (Å²) in [6.07, 6.45) is 6.23. The third-order valence-electron chi connectivity index (χ3n) is 5.96. The summed E-state index contributed by atoms with van der Waals surface area (Å²) in [6.45, 7) is 4.36. The van der Waals surface area contributed by atoms with E-state index in [0.29, 0.717) is 25.7 Å². The molecule has 1 aromatic carbocycles. The molecule has 6 nitrogen and oxygen atoms in total. The highest BCUT2D eigenvalue weighted by Gasteiger charge is 2.34. The summed E-state index contributed by atoms with van der Waals surface area (Å²) >= 11 is 0. The van der Waals surface area contributed by atoms with Crippen molar-refractivity contribution in [2.24, 2.45) is 0 Å². The van der Waals surface area contributed by atoms with Crippen molar-refractivity contribution < 1.29 is 14.3 Å². The Kier molecular flexibility index (Phi) is 6.29. The number of hydrogen-bond acceptors (Lipinski definition) is 4. The molecule has 0 spiro atoms. The van der Waals surface area contributed by atoms with Crippen LogP contribution < -0.4 is 5.32 Å². The second kappa shape index (κ2) is 9.07. The molecular weight excluding hydrogens is 354 g/mol. The van der Waals surface area contributed by atoms with Crippen LogP contribution in [-0.4, -0.2) is 60.9 Å². The molecule has 1 saturated carbocycles. The number of amides is 1. The average molecular weight is 386 g/mol. The maximum Gasteiger partial charge on any atom is 0.253 e. The lowest BCUT2D eigenvalue weighted by molar-refractivity contribution is -0.150. The van der Waals surface area contributed by atoms with Crippen LogP contribution in [0.1, 0.15) is 31.2 Å². The standard InChI is InChI=1S/C22H31N3O3/c1-27-12-5-11-24-15-17(19-8-2-3-9-20(19)24)16-25(18-6-4-7-18)22(26)21-14-23-10-13-28-21/h2-3,8-9,15,18,21,23H,4-7,10-14,16H2,1H3/t21-/m1/s1. The Morgan fingerprint density at radius 3 is 2.93 bits per heavy atom. The summed E-state index contributed by atoms with van der Waals surface area (Å²) < 4.78 is 13.3. The summed E-state index contributed by atoms with van der Waals surface area (Å²) in [6, 6.07) is 8.83. The largest absolute Gasteiger partial charge is 0.385 e. The van der Waals surface area contributed by atoms with Crippen molar-refractivity contribution in [3.05, 3.63) is 36.0 Å². The number of hydrogen-bond donors (Lipinski definition) is 1. The van der Waals surface area contributed by atoms with Crippen molar-refractivity contribution in [1.29, 1.82) is 0 Å². The van der Waals surface area contributed by atoms with Crippen LogP contribution in [-0.2, 0) is 27.4 Å². The molecule has 1 aliphatic carbocycles. The summed E-state index contributed by atoms with van der Waals surface area (Å²) in [5.74, 6) is 0.133. The lowest BCUT2D eigenvalue weighted by atomic mass is 9.90. The molecule has 4 rings (SSSR count). The number of nitrogens with one attached hydrogen (secondary N) is 1. The Bertz CT molecular complexity index is 793. The van der Waals surface area contributed by atoms with Crippen molar-refractivity contribution in [3.63, 3.8) is 0 Å². The fourth-order valence-corrected chi connectivity index (χ4v) is 4.19. The van der Waals surface area contributed by atoms with E-state index in [9.17, 15) is 4.79 Å². The maximum atomic E-state index is 13.2. The quantitative estimate of drug-likeness (QED) is 0.710. The fourth-order valence-electron chi connectivity index (χ4n) is 4.19. The van der Waals surface area contributed by atoms with E-state index in [1.807, 2.05) is 0 Å². The first-order chi connectivity index (χ1) is 13.8. The van der Waals surface area contributed by atoms with Crippen LogP contribution in [0, 0.1) is 0 Å². The molecule has 152 valence electrons. The first kappa shape index (κ1) is 19.4. The Labute approximate surface area is 166 Å². The fraction of sp³-hybridized carbons (Fsp3) is 0.591. The Morgan fingerprint density at radius 2 is 2.21 bits per heavy atom. The summed E-state index contributed by atoms with van der Waals surface area (Å²) in [5.41, 5.74) is 2.45. The molecule has 0 radical (unpaired) electrons. The van der Waals surface area contributed by atoms with Gasteiger partial charge >= 0.3 is 0 Å². The van der Waals surface area contributed by atoms with E-state index in [0.717, 1.165) is 39.0 Å². The second-order valence-corrected chi connectivity index (χ2v) is 7.83. The number of nitrogens with zero attached hydrogens (tertiary/aromatic N) is 2. The monoisotopic (exact) mass is 385 g/mol. The van der Waals surface area contributed by atoms with E-state index < -0.39 is 0 Å². The van der Waals surface area contributed by atoms with Gasteiger partial charge in [0.05, 0.1) is 6.61 Å². The third kappa shape index (κ3) is 4.09. The Morgan fingerprint density at radius 1 is 1.36 bits per heavy atom. The maximum absolute atomic E-state index is 13.2. The van der Waals surface area contributed by atoms with Gasteiger partial charge in [-0.25, -0.2) is 0 Å². The first-order valence-corrected chi connectivity index (χ1v) is 10.5. The van der Waals surface area contributed by atoms with Crippen molar-refractivity contribution in [2.45, 2.75) is 50.9 Å². The van der Waals surface area contributed by atoms with Gasteiger partial charge in [0, 0.05) is 63.0 Å². The molecule has 1 atom stereocenters. The van der Waals surface area contributed by atoms with Crippen LogP contribution >= 0.6 is 0 Å². The number of rotatable bonds is 8. The molecule has 2 aliphatic rings. The molecular formula is C22H31N3O3. The van der Waals surface area contributed by atoms with Crippen LogP contribution in [0.2, 0.25) is 0 Å². The van der Waals surface area contributed by atoms with Crippen LogP contribution in [0.15, 0.2) is 30.5 Å². The molecule has 0 unspecified atom stereocenters. The van der Waals surface area contributed by atoms with Crippen LogP contribution in [0.5, 0.6) is 0 Å². The smallest absolute Gasteiger partial charge is 0.253 e. The summed E-state index contributed by atoms with van der Waals surface area (Å²) in [7, 11) is 1.74. The number of para-hydroxylation sites is 1. The molecule has 1 amide bonds. The second-order valence-electron chi connectivity index (χ2n) is 7.83. The van der Waals surface area contributed by atoms with Gasteiger partial charge < -0.3 is 24.3 Å². The van der Waals surface area contributed by atoms with E-state index in [-0.39, 0.29) is 12.0 Å². The van der Waals surface area contributed by atoms with Crippen LogP contribution in [0.25, 0.3) is 10.9 Å². The number of benzene rings is 1. The van der Waals surface area contributed by atoms with Gasteiger partial charge in [0.25, 0.3) is 5.91 Å². The molecule has 2 fully saturated rings. The van der Waals surface area contributed by atoms with Gasteiger partial charge in [-0.05, 0) is 37.3 Å². The van der Waals surface area contributed by atoms with Gasteiger partial charge in [0.15, 0.2) is 0 Å². The highest BCUT2D eigenvalue weighted by molar-refractivity contribution is 5.86. The van der Waals surface area contributed by atoms with Crippen molar-refractivity contribution in [3.8, 4) is 0 Å². The summed E-state index contributed by atoms with van der Waals surface area (Å²) in [4.78, 5) is 15.3. The minimum absolute atomic E-state index is 0.133. The van der Waals surface area contributed by atoms with E-state index >= 15 is 0 Å². The predicted octanol–water partition coefficient (Wildman–Crippen LogP) is 2.55. The number of ether oxygens (including phenoxy) is 2. The van der Waals surface area contributed by atoms with E-state index in [4.69, 9.17) is 9.47 Å². The lowest BCUT2D eigenvalue weighted by Gasteiger charge is -2.40. The first-order valence-electron chi connectivity index (χ1n) is 10.5. The number of carbonyl (C=O) groups excluding carboxylic acids is 1. The predicted molar refractivity (Wildman–Crippen MR) is 109 cm³/mol. The van der Waals surface area contributed by atoms with Crippen LogP contribution in [0.4, 0.5) is 0 Å². The van der Waals surface area contributed by atoms with E-state index in [2.05, 4.69) is 45.2 Å². The van der Waals surface area contributed by atoms with Crippen molar-refractivity contribution in [1.82, 2.24) is 14.8 Å². The van der Waals surface area contributed by atoms with E-state index in [1.54, 1.807) is 7.11 Å². The third-order valence-corrected chi connectivity index (χ3v) is 5.96. The molecule has 6 heteroatoms. The lowest BCUT2D eigenvalue weighted by Crippen LogP contribution is -2.53. The zero-order valence-electron chi connectivity index (χ0n) is 16.7. The number of methoxy groups -OCH3 is 1. The number of aryl methyl sites for hydroxylation is 1. The normalized spacial score (nSPS) is 20.2. The number of fused-ring (bicyclic) bond motifs is 1. The molecule has 1 aromatic heterocycles. The zero-order valence-corrected chi connectivity index (χ0v) is 16.7. The van der Waals surface area contributed by atoms with Gasteiger partial charge in [-0.1, -0.05) is 18.2 Å². The Hall–Kier alpha value is -1.89. The van der Waals surface area contributed by atoms with Gasteiger partial charge in [-0.15, -0.1) is 0 Å². The van der Waals surface area contributed by atoms with Gasteiger partial charge in [0.1, 0.15) is 6.10 Å². The SMILES string of the molecule is COCCCn1cc(CN(C(=O)[C@H]2CNCCO2)C2CCC2)c2ccccc21. The average Bonchev–Trinajstić information content (AvgIpc) is 3.04. The van der Waals surface area contributed by atoms with Crippen molar-refractivity contribution >= 4 is 16.8 Å². The van der Waals surface area contributed by atoms with Gasteiger partial charge in [-0.2, -0.15) is 0 Å². The van der Waals surface area contributed by atoms with E-state index in [1.165, 1.54) is 22.9 Å². The molecule has 2 aromatic rings. The minimum Gasteiger partial charge on any atom is -0.385 e. The highest BCUT2D eigenvalue weighted by atomic mass is 16.5. The molecule has 28 heavy (non-hydrogen) atoms. The van der Waals surface area contributed by atoms with Crippen LogP contribution in [0.3, 0.4) is 0 Å². The zero-order chi connectivity index (χ0) is 19.3. The molecule has 2 heterocycles. The molecule has 1 N–H and O–H groups in total. The highest BCUT2D eigenvalue weighted by Crippen LogP contribution is 2.30. The number of morpholine rings is 1. The minimum atomic E-state index is -0.357. The Balaban J connectivity index is 1.57. The van der Waals surface area contributed by atoms with Crippen molar-refractivity contribution in [2.75, 3.05) is 33.4 Å². The molecule has 1 saturated heterocycles. The number of carbonyl (C=O) groups is 1. The molecule has 0 bridgehead atoms.